The molecule has 1 fully saturated rings. The number of allylic oxidation sites excluding steroid dienone is 2. The average molecular weight is 222 g/mol. The van der Waals surface area contributed by atoms with Crippen LogP contribution in [0.25, 0.3) is 0 Å². The highest BCUT2D eigenvalue weighted by molar-refractivity contribution is 5.96. The lowest BCUT2D eigenvalue weighted by Crippen LogP contribution is -2.46. The van der Waals surface area contributed by atoms with E-state index in [4.69, 9.17) is 0 Å². The van der Waals surface area contributed by atoms with Gasteiger partial charge in [-0.25, -0.2) is 0 Å². The normalized spacial score (nSPS) is 19.6. The Bertz CT molecular complexity index is 276. The second kappa shape index (κ2) is 7.23. The van der Waals surface area contributed by atoms with Crippen LogP contribution in [0.1, 0.15) is 26.7 Å². The number of rotatable bonds is 1. The van der Waals surface area contributed by atoms with Crippen LogP contribution in [-0.4, -0.2) is 37.0 Å². The Morgan fingerprint density at radius 1 is 1.25 bits per heavy atom. The molecule has 16 heavy (non-hydrogen) atoms. The summed E-state index contributed by atoms with van der Waals surface area (Å²) in [5.74, 6) is 0.197. The molecule has 1 saturated heterocycles. The number of hydrogen-bond donors (Lipinski definition) is 1. The molecule has 2 aliphatic rings. The van der Waals surface area contributed by atoms with Crippen molar-refractivity contribution in [3.05, 3.63) is 23.8 Å². The smallest absolute Gasteiger partial charge is 0.253 e. The van der Waals surface area contributed by atoms with Crippen LogP contribution in [0.5, 0.6) is 0 Å². The van der Waals surface area contributed by atoms with Crippen LogP contribution in [0.4, 0.5) is 0 Å². The van der Waals surface area contributed by atoms with Crippen LogP contribution < -0.4 is 5.32 Å². The highest BCUT2D eigenvalue weighted by Crippen LogP contribution is 2.12. The molecule has 0 aromatic carbocycles. The van der Waals surface area contributed by atoms with Gasteiger partial charge in [-0.3, -0.25) is 4.79 Å². The molecule has 0 aromatic heterocycles. The minimum Gasteiger partial charge on any atom is -0.336 e. The van der Waals surface area contributed by atoms with E-state index in [0.29, 0.717) is 0 Å². The molecule has 1 aliphatic heterocycles. The third-order valence-electron chi connectivity index (χ3n) is 2.65. The number of nitrogens with one attached hydrogen (secondary N) is 1. The lowest BCUT2D eigenvalue weighted by molar-refractivity contribution is -0.127. The van der Waals surface area contributed by atoms with E-state index in [1.807, 2.05) is 30.9 Å². The van der Waals surface area contributed by atoms with E-state index in [-0.39, 0.29) is 5.91 Å². The quantitative estimate of drug-likeness (QED) is 0.732. The number of hydrogen-bond acceptors (Lipinski definition) is 2. The van der Waals surface area contributed by atoms with E-state index in [0.717, 1.165) is 44.6 Å². The predicted octanol–water partition coefficient (Wildman–Crippen LogP) is 1.72. The van der Waals surface area contributed by atoms with Gasteiger partial charge in [0.05, 0.1) is 0 Å². The van der Waals surface area contributed by atoms with Crippen LogP contribution in [-0.2, 0) is 4.79 Å². The molecule has 0 bridgehead atoms. The highest BCUT2D eigenvalue weighted by Gasteiger charge is 2.18. The molecule has 0 aromatic rings. The summed E-state index contributed by atoms with van der Waals surface area (Å²) in [6.07, 6.45) is 8.15. The lowest BCUT2D eigenvalue weighted by Gasteiger charge is -2.28. The molecule has 1 amide bonds. The summed E-state index contributed by atoms with van der Waals surface area (Å²) in [6, 6.07) is 0. The molecule has 0 radical (unpaired) electrons. The van der Waals surface area contributed by atoms with Crippen molar-refractivity contribution in [3.8, 4) is 0 Å². The maximum absolute atomic E-state index is 11.9. The Labute approximate surface area is 98.2 Å². The van der Waals surface area contributed by atoms with Gasteiger partial charge in [0, 0.05) is 31.8 Å². The molecular weight excluding hydrogens is 200 g/mol. The number of piperazine rings is 1. The molecule has 3 nitrogen and oxygen atoms in total. The SMILES string of the molecule is CC.O=C(C1=CCCC=C1)N1CCNCC1. The molecule has 0 saturated carbocycles. The van der Waals surface area contributed by atoms with Gasteiger partial charge in [-0.2, -0.15) is 0 Å². The van der Waals surface area contributed by atoms with Crippen molar-refractivity contribution in [1.29, 1.82) is 0 Å². The van der Waals surface area contributed by atoms with Gasteiger partial charge in [-0.05, 0) is 12.8 Å². The van der Waals surface area contributed by atoms with Gasteiger partial charge in [0.25, 0.3) is 5.91 Å². The summed E-state index contributed by atoms with van der Waals surface area (Å²) in [7, 11) is 0. The first-order valence-electron chi connectivity index (χ1n) is 6.24. The van der Waals surface area contributed by atoms with Gasteiger partial charge in [0.2, 0.25) is 0 Å². The molecule has 0 atom stereocenters. The number of carbonyl (C=O) groups excluding carboxylic acids is 1. The first kappa shape index (κ1) is 13.0. The third kappa shape index (κ3) is 3.49. The van der Waals surface area contributed by atoms with Crippen molar-refractivity contribution in [2.24, 2.45) is 0 Å². The molecule has 1 heterocycles. The van der Waals surface area contributed by atoms with E-state index in [9.17, 15) is 4.79 Å². The first-order valence-corrected chi connectivity index (χ1v) is 6.24. The van der Waals surface area contributed by atoms with E-state index in [1.165, 1.54) is 0 Å². The number of amides is 1. The van der Waals surface area contributed by atoms with Crippen LogP contribution in [0.2, 0.25) is 0 Å². The zero-order valence-corrected chi connectivity index (χ0v) is 10.3. The third-order valence-corrected chi connectivity index (χ3v) is 2.65. The molecule has 1 N–H and O–H groups in total. The van der Waals surface area contributed by atoms with Gasteiger partial charge in [-0.15, -0.1) is 0 Å². The molecular formula is C13H22N2O. The summed E-state index contributed by atoms with van der Waals surface area (Å²) in [4.78, 5) is 13.9. The van der Waals surface area contributed by atoms with Crippen molar-refractivity contribution >= 4 is 5.91 Å². The van der Waals surface area contributed by atoms with Crippen molar-refractivity contribution in [3.63, 3.8) is 0 Å². The second-order valence-corrected chi connectivity index (χ2v) is 3.68. The topological polar surface area (TPSA) is 32.3 Å². The number of carbonyl (C=O) groups is 1. The molecule has 90 valence electrons. The van der Waals surface area contributed by atoms with E-state index in [1.54, 1.807) is 0 Å². The van der Waals surface area contributed by atoms with Gasteiger partial charge in [0.15, 0.2) is 0 Å². The fraction of sp³-hybridized carbons (Fsp3) is 0.615. The van der Waals surface area contributed by atoms with Crippen LogP contribution in [0.15, 0.2) is 23.8 Å². The van der Waals surface area contributed by atoms with Gasteiger partial charge < -0.3 is 10.2 Å². The standard InChI is InChI=1S/C11H16N2O.C2H6/c14-11(10-4-2-1-3-5-10)13-8-6-12-7-9-13;1-2/h2,4-5,12H,1,3,6-9H2;1-2H3. The zero-order chi connectivity index (χ0) is 11.8. The van der Waals surface area contributed by atoms with E-state index < -0.39 is 0 Å². The average Bonchev–Trinajstić information content (AvgIpc) is 2.42. The monoisotopic (exact) mass is 222 g/mol. The van der Waals surface area contributed by atoms with Crippen molar-refractivity contribution in [2.75, 3.05) is 26.2 Å². The van der Waals surface area contributed by atoms with Gasteiger partial charge >= 0.3 is 0 Å². The Hall–Kier alpha value is -1.09. The lowest BCUT2D eigenvalue weighted by atomic mass is 10.1. The molecule has 0 unspecified atom stereocenters. The largest absolute Gasteiger partial charge is 0.336 e. The van der Waals surface area contributed by atoms with E-state index >= 15 is 0 Å². The maximum Gasteiger partial charge on any atom is 0.253 e. The van der Waals surface area contributed by atoms with Crippen LogP contribution >= 0.6 is 0 Å². The van der Waals surface area contributed by atoms with Crippen molar-refractivity contribution < 1.29 is 4.79 Å². The summed E-state index contributed by atoms with van der Waals surface area (Å²) in [5.41, 5.74) is 0.873. The van der Waals surface area contributed by atoms with Gasteiger partial charge in [-0.1, -0.05) is 32.1 Å². The Morgan fingerprint density at radius 3 is 2.50 bits per heavy atom. The van der Waals surface area contributed by atoms with Crippen LogP contribution in [0, 0.1) is 0 Å². The Kier molecular flexibility index (Phi) is 5.86. The molecule has 2 rings (SSSR count). The predicted molar refractivity (Wildman–Crippen MR) is 67.3 cm³/mol. The van der Waals surface area contributed by atoms with Crippen molar-refractivity contribution in [2.45, 2.75) is 26.7 Å². The Balaban J connectivity index is 0.000000606. The minimum atomic E-state index is 0.197. The minimum absolute atomic E-state index is 0.197. The number of nitrogens with zero attached hydrogens (tertiary/aromatic N) is 1. The van der Waals surface area contributed by atoms with Gasteiger partial charge in [0.1, 0.15) is 0 Å². The highest BCUT2D eigenvalue weighted by atomic mass is 16.2. The molecule has 3 heteroatoms. The molecule has 0 spiro atoms. The fourth-order valence-electron chi connectivity index (χ4n) is 1.82. The summed E-state index contributed by atoms with van der Waals surface area (Å²) >= 11 is 0. The zero-order valence-electron chi connectivity index (χ0n) is 10.3. The maximum atomic E-state index is 11.9. The Morgan fingerprint density at radius 2 is 1.94 bits per heavy atom. The summed E-state index contributed by atoms with van der Waals surface area (Å²) in [6.45, 7) is 7.51. The second-order valence-electron chi connectivity index (χ2n) is 3.68. The summed E-state index contributed by atoms with van der Waals surface area (Å²) < 4.78 is 0. The molecule has 1 aliphatic carbocycles. The first-order chi connectivity index (χ1) is 7.88. The van der Waals surface area contributed by atoms with E-state index in [2.05, 4.69) is 11.4 Å². The summed E-state index contributed by atoms with van der Waals surface area (Å²) in [5, 5.41) is 3.24. The fourth-order valence-corrected chi connectivity index (χ4v) is 1.82. The van der Waals surface area contributed by atoms with Crippen molar-refractivity contribution in [1.82, 2.24) is 10.2 Å². The van der Waals surface area contributed by atoms with Crippen LogP contribution in [0.3, 0.4) is 0 Å².